The van der Waals surface area contributed by atoms with Gasteiger partial charge in [0.25, 0.3) is 0 Å². The number of carbonyl (C=O) groups is 2. The second-order valence-corrected chi connectivity index (χ2v) is 4.67. The van der Waals surface area contributed by atoms with Gasteiger partial charge in [-0.2, -0.15) is 0 Å². The second kappa shape index (κ2) is 2.72. The van der Waals surface area contributed by atoms with E-state index in [0.717, 1.165) is 12.8 Å². The van der Waals surface area contributed by atoms with Crippen molar-refractivity contribution in [2.75, 3.05) is 0 Å². The number of aliphatic hydroxyl groups excluding tert-OH is 1. The molecule has 2 saturated carbocycles. The molecule has 0 aromatic heterocycles. The fraction of sp³-hybridized carbons (Fsp3) is 0.800. The summed E-state index contributed by atoms with van der Waals surface area (Å²) in [6.45, 7) is 0. The average molecular weight is 212 g/mol. The number of rotatable bonds is 1. The van der Waals surface area contributed by atoms with E-state index in [1.54, 1.807) is 0 Å². The van der Waals surface area contributed by atoms with Crippen LogP contribution in [0.25, 0.3) is 0 Å². The lowest BCUT2D eigenvalue weighted by Gasteiger charge is -2.16. The molecule has 5 nitrogen and oxygen atoms in total. The van der Waals surface area contributed by atoms with Crippen molar-refractivity contribution in [3.8, 4) is 0 Å². The summed E-state index contributed by atoms with van der Waals surface area (Å²) < 4.78 is 5.13. The Bertz CT molecular complexity index is 337. The molecule has 0 spiro atoms. The minimum absolute atomic E-state index is 0.0615. The number of hydrogen-bond acceptors (Lipinski definition) is 4. The Labute approximate surface area is 86.0 Å². The monoisotopic (exact) mass is 212 g/mol. The van der Waals surface area contributed by atoms with Crippen LogP contribution in [0.2, 0.25) is 0 Å². The molecule has 0 radical (unpaired) electrons. The summed E-state index contributed by atoms with van der Waals surface area (Å²) in [5, 5.41) is 18.9. The average Bonchev–Trinajstić information content (AvgIpc) is 2.71. The van der Waals surface area contributed by atoms with E-state index in [2.05, 4.69) is 0 Å². The molecule has 0 aromatic carbocycles. The quantitative estimate of drug-likeness (QED) is 0.579. The molecule has 6 atom stereocenters. The van der Waals surface area contributed by atoms with Crippen LogP contribution in [0, 0.1) is 23.7 Å². The summed E-state index contributed by atoms with van der Waals surface area (Å²) in [5.74, 6) is -2.92. The zero-order chi connectivity index (χ0) is 10.7. The number of carbonyl (C=O) groups excluding carboxylic acids is 1. The molecule has 0 bridgehead atoms. The van der Waals surface area contributed by atoms with Crippen LogP contribution in [0.15, 0.2) is 0 Å². The first-order chi connectivity index (χ1) is 7.11. The molecule has 2 N–H and O–H groups in total. The van der Waals surface area contributed by atoms with Crippen molar-refractivity contribution in [2.24, 2.45) is 23.7 Å². The lowest BCUT2D eigenvalue weighted by atomic mass is 9.90. The number of esters is 1. The molecule has 0 aromatic rings. The van der Waals surface area contributed by atoms with Gasteiger partial charge in [0.05, 0.1) is 17.9 Å². The standard InChI is InChI=1S/C10H12O5/c11-8-6(9(12)13)3-1-2-4-5(3)7(8)10(14)15-4/h3-8,11H,1-2H2,(H,12,13)/t3-,4+,5-,6-,7+,8-/m1/s1. The highest BCUT2D eigenvalue weighted by atomic mass is 16.6. The molecule has 82 valence electrons. The predicted octanol–water partition coefficient (Wildman–Crippen LogP) is -0.371. The third kappa shape index (κ3) is 0.963. The van der Waals surface area contributed by atoms with Crippen LogP contribution in [0.1, 0.15) is 12.8 Å². The third-order valence-corrected chi connectivity index (χ3v) is 4.14. The fourth-order valence-electron chi connectivity index (χ4n) is 3.63. The van der Waals surface area contributed by atoms with Crippen LogP contribution >= 0.6 is 0 Å². The van der Waals surface area contributed by atoms with Crippen molar-refractivity contribution in [1.29, 1.82) is 0 Å². The molecule has 1 saturated heterocycles. The lowest BCUT2D eigenvalue weighted by molar-refractivity contribution is -0.151. The fourth-order valence-corrected chi connectivity index (χ4v) is 3.63. The molecular weight excluding hydrogens is 200 g/mol. The first-order valence-corrected chi connectivity index (χ1v) is 5.22. The van der Waals surface area contributed by atoms with Gasteiger partial charge in [-0.25, -0.2) is 0 Å². The number of carboxylic acid groups (broad SMARTS) is 1. The summed E-state index contributed by atoms with van der Waals surface area (Å²) in [6.07, 6.45) is 0.281. The minimum atomic E-state index is -1.06. The SMILES string of the molecule is O=C1O[C@H]2CC[C@H]3[C@@H](C(=O)O)[C@@H](O)[C@@H]1[C@H]32. The minimum Gasteiger partial charge on any atom is -0.481 e. The Balaban J connectivity index is 2.00. The normalized spacial score (nSPS) is 51.7. The van der Waals surface area contributed by atoms with Gasteiger partial charge in [0.15, 0.2) is 0 Å². The van der Waals surface area contributed by atoms with Gasteiger partial charge >= 0.3 is 11.9 Å². The molecule has 5 heteroatoms. The van der Waals surface area contributed by atoms with Crippen molar-refractivity contribution in [1.82, 2.24) is 0 Å². The molecular formula is C10H12O5. The molecule has 1 aliphatic heterocycles. The van der Waals surface area contributed by atoms with Gasteiger partial charge in [0, 0.05) is 5.92 Å². The maximum absolute atomic E-state index is 11.4. The summed E-state index contributed by atoms with van der Waals surface area (Å²) in [6, 6.07) is 0. The van der Waals surface area contributed by atoms with E-state index >= 15 is 0 Å². The van der Waals surface area contributed by atoms with E-state index in [1.807, 2.05) is 0 Å². The van der Waals surface area contributed by atoms with Crippen molar-refractivity contribution >= 4 is 11.9 Å². The Morgan fingerprint density at radius 1 is 1.40 bits per heavy atom. The molecule has 2 aliphatic carbocycles. The van der Waals surface area contributed by atoms with Crippen LogP contribution in [0.5, 0.6) is 0 Å². The van der Waals surface area contributed by atoms with E-state index in [4.69, 9.17) is 9.84 Å². The van der Waals surface area contributed by atoms with Crippen molar-refractivity contribution in [3.63, 3.8) is 0 Å². The van der Waals surface area contributed by atoms with Crippen molar-refractivity contribution in [2.45, 2.75) is 25.0 Å². The van der Waals surface area contributed by atoms with Crippen LogP contribution in [-0.2, 0) is 14.3 Å². The van der Waals surface area contributed by atoms with Crippen LogP contribution in [0.4, 0.5) is 0 Å². The first-order valence-electron chi connectivity index (χ1n) is 5.22. The van der Waals surface area contributed by atoms with Gasteiger partial charge in [-0.1, -0.05) is 0 Å². The Morgan fingerprint density at radius 2 is 2.13 bits per heavy atom. The van der Waals surface area contributed by atoms with Crippen molar-refractivity contribution in [3.05, 3.63) is 0 Å². The molecule has 3 aliphatic rings. The van der Waals surface area contributed by atoms with Crippen molar-refractivity contribution < 1.29 is 24.5 Å². The van der Waals surface area contributed by atoms with E-state index in [-0.39, 0.29) is 17.9 Å². The Hall–Kier alpha value is -1.10. The number of aliphatic carboxylic acids is 1. The highest BCUT2D eigenvalue weighted by Crippen LogP contribution is 2.55. The molecule has 0 unspecified atom stereocenters. The largest absolute Gasteiger partial charge is 0.481 e. The van der Waals surface area contributed by atoms with Gasteiger partial charge in [-0.3, -0.25) is 9.59 Å². The predicted molar refractivity (Wildman–Crippen MR) is 46.7 cm³/mol. The summed E-state index contributed by atoms with van der Waals surface area (Å²) in [7, 11) is 0. The van der Waals surface area contributed by atoms with Crippen LogP contribution < -0.4 is 0 Å². The summed E-state index contributed by atoms with van der Waals surface area (Å²) >= 11 is 0. The maximum atomic E-state index is 11.4. The summed E-state index contributed by atoms with van der Waals surface area (Å²) in [4.78, 5) is 22.5. The molecule has 3 rings (SSSR count). The highest BCUT2D eigenvalue weighted by molar-refractivity contribution is 5.81. The van der Waals surface area contributed by atoms with Gasteiger partial charge in [-0.15, -0.1) is 0 Å². The number of hydrogen-bond donors (Lipinski definition) is 2. The molecule has 1 heterocycles. The van der Waals surface area contributed by atoms with Gasteiger partial charge < -0.3 is 14.9 Å². The van der Waals surface area contributed by atoms with Gasteiger partial charge in [-0.05, 0) is 18.8 Å². The lowest BCUT2D eigenvalue weighted by Crippen LogP contribution is -2.32. The van der Waals surface area contributed by atoms with Crippen LogP contribution in [0.3, 0.4) is 0 Å². The maximum Gasteiger partial charge on any atom is 0.312 e. The van der Waals surface area contributed by atoms with E-state index < -0.39 is 29.9 Å². The Kier molecular flexibility index (Phi) is 1.66. The second-order valence-electron chi connectivity index (χ2n) is 4.67. The molecule has 0 amide bonds. The Morgan fingerprint density at radius 3 is 2.80 bits per heavy atom. The number of ether oxygens (including phenoxy) is 1. The first kappa shape index (κ1) is 9.15. The van der Waals surface area contributed by atoms with E-state index in [9.17, 15) is 14.7 Å². The number of carboxylic acids is 1. The topological polar surface area (TPSA) is 83.8 Å². The summed E-state index contributed by atoms with van der Waals surface area (Å²) in [5.41, 5.74) is 0. The number of aliphatic hydroxyl groups is 1. The highest BCUT2D eigenvalue weighted by Gasteiger charge is 2.65. The molecule has 3 fully saturated rings. The van der Waals surface area contributed by atoms with Gasteiger partial charge in [0.1, 0.15) is 6.10 Å². The van der Waals surface area contributed by atoms with Gasteiger partial charge in [0.2, 0.25) is 0 Å². The van der Waals surface area contributed by atoms with E-state index in [0.29, 0.717) is 0 Å². The smallest absolute Gasteiger partial charge is 0.312 e. The zero-order valence-electron chi connectivity index (χ0n) is 8.00. The van der Waals surface area contributed by atoms with E-state index in [1.165, 1.54) is 0 Å². The molecule has 15 heavy (non-hydrogen) atoms. The van der Waals surface area contributed by atoms with Crippen LogP contribution in [-0.4, -0.2) is 34.4 Å². The zero-order valence-corrected chi connectivity index (χ0v) is 8.00. The third-order valence-electron chi connectivity index (χ3n) is 4.14.